The van der Waals surface area contributed by atoms with Crippen molar-refractivity contribution < 1.29 is 4.79 Å². The molecule has 0 unspecified atom stereocenters. The maximum atomic E-state index is 12.1. The Hall–Kier alpha value is -1.58. The second-order valence-electron chi connectivity index (χ2n) is 5.91. The number of nitrogens with one attached hydrogen (secondary N) is 1. The molecule has 1 saturated heterocycles. The van der Waals surface area contributed by atoms with Crippen LogP contribution in [0, 0.1) is 0 Å². The normalized spacial score (nSPS) is 20.1. The molecule has 0 radical (unpaired) electrons. The van der Waals surface area contributed by atoms with Crippen LogP contribution in [0.4, 0.5) is 5.82 Å². The first-order valence-electron chi connectivity index (χ1n) is 7.85. The summed E-state index contributed by atoms with van der Waals surface area (Å²) in [5, 5.41) is 3.10. The summed E-state index contributed by atoms with van der Waals surface area (Å²) in [6, 6.07) is 4.25. The van der Waals surface area contributed by atoms with E-state index in [2.05, 4.69) is 15.2 Å². The van der Waals surface area contributed by atoms with Crippen molar-refractivity contribution in [3.63, 3.8) is 0 Å². The van der Waals surface area contributed by atoms with Crippen molar-refractivity contribution in [3.05, 3.63) is 23.9 Å². The molecule has 3 rings (SSSR count). The van der Waals surface area contributed by atoms with Gasteiger partial charge in [0, 0.05) is 25.3 Å². The molecule has 4 nitrogen and oxygen atoms in total. The van der Waals surface area contributed by atoms with Gasteiger partial charge >= 0.3 is 0 Å². The highest BCUT2D eigenvalue weighted by Crippen LogP contribution is 2.19. The predicted molar refractivity (Wildman–Crippen MR) is 80.0 cm³/mol. The standard InChI is InChI=1S/C16H23N3O/c20-16(18-14-6-2-3-7-14)13-8-9-15(17-12-13)19-10-4-1-5-11-19/h8-9,12,14H,1-7,10-11H2,(H,18,20). The molecule has 1 amide bonds. The maximum Gasteiger partial charge on any atom is 0.253 e. The molecule has 2 aliphatic rings. The molecule has 0 aromatic carbocycles. The van der Waals surface area contributed by atoms with Gasteiger partial charge in [-0.15, -0.1) is 0 Å². The number of rotatable bonds is 3. The van der Waals surface area contributed by atoms with E-state index in [1.807, 2.05) is 12.1 Å². The third-order valence-corrected chi connectivity index (χ3v) is 4.38. The van der Waals surface area contributed by atoms with Crippen LogP contribution in [0.15, 0.2) is 18.3 Å². The van der Waals surface area contributed by atoms with Gasteiger partial charge in [-0.1, -0.05) is 12.8 Å². The van der Waals surface area contributed by atoms with Crippen molar-refractivity contribution in [3.8, 4) is 0 Å². The van der Waals surface area contributed by atoms with Gasteiger partial charge in [-0.25, -0.2) is 4.98 Å². The number of hydrogen-bond donors (Lipinski definition) is 1. The molecule has 2 heterocycles. The van der Waals surface area contributed by atoms with E-state index in [0.29, 0.717) is 11.6 Å². The number of pyridine rings is 1. The van der Waals surface area contributed by atoms with Crippen molar-refractivity contribution in [1.82, 2.24) is 10.3 Å². The molecule has 4 heteroatoms. The van der Waals surface area contributed by atoms with Crippen molar-refractivity contribution in [2.75, 3.05) is 18.0 Å². The fraction of sp³-hybridized carbons (Fsp3) is 0.625. The van der Waals surface area contributed by atoms with Gasteiger partial charge in [-0.05, 0) is 44.2 Å². The summed E-state index contributed by atoms with van der Waals surface area (Å²) >= 11 is 0. The van der Waals surface area contributed by atoms with Gasteiger partial charge < -0.3 is 10.2 Å². The first-order chi connectivity index (χ1) is 9.83. The SMILES string of the molecule is O=C(NC1CCCC1)c1ccc(N2CCCCC2)nc1. The summed E-state index contributed by atoms with van der Waals surface area (Å²) in [5.74, 6) is 1.02. The number of piperidine rings is 1. The summed E-state index contributed by atoms with van der Waals surface area (Å²) in [6.45, 7) is 2.17. The van der Waals surface area contributed by atoms with E-state index in [1.165, 1.54) is 32.1 Å². The van der Waals surface area contributed by atoms with Crippen LogP contribution in [-0.2, 0) is 0 Å². The Balaban J connectivity index is 1.61. The minimum Gasteiger partial charge on any atom is -0.357 e. The zero-order valence-corrected chi connectivity index (χ0v) is 12.0. The summed E-state index contributed by atoms with van der Waals surface area (Å²) in [5.41, 5.74) is 0.678. The number of carbonyl (C=O) groups excluding carboxylic acids is 1. The number of aromatic nitrogens is 1. The molecule has 0 atom stereocenters. The summed E-state index contributed by atoms with van der Waals surface area (Å²) in [7, 11) is 0. The zero-order chi connectivity index (χ0) is 13.8. The van der Waals surface area contributed by atoms with Crippen LogP contribution in [-0.4, -0.2) is 30.0 Å². The molecule has 108 valence electrons. The fourth-order valence-corrected chi connectivity index (χ4v) is 3.17. The molecule has 1 aromatic rings. The third kappa shape index (κ3) is 3.11. The van der Waals surface area contributed by atoms with Crippen LogP contribution in [0.1, 0.15) is 55.3 Å². The summed E-state index contributed by atoms with van der Waals surface area (Å²) < 4.78 is 0. The smallest absolute Gasteiger partial charge is 0.253 e. The van der Waals surface area contributed by atoms with Crippen molar-refractivity contribution in [2.45, 2.75) is 51.0 Å². The molecule has 1 N–H and O–H groups in total. The van der Waals surface area contributed by atoms with Crippen LogP contribution in [0.5, 0.6) is 0 Å². The Morgan fingerprint density at radius 2 is 1.85 bits per heavy atom. The molecule has 1 aromatic heterocycles. The minimum atomic E-state index is 0.0228. The third-order valence-electron chi connectivity index (χ3n) is 4.38. The number of amides is 1. The molecule has 2 fully saturated rings. The quantitative estimate of drug-likeness (QED) is 0.921. The Kier molecular flexibility index (Phi) is 4.19. The van der Waals surface area contributed by atoms with E-state index in [0.717, 1.165) is 31.7 Å². The van der Waals surface area contributed by atoms with Crippen molar-refractivity contribution in [1.29, 1.82) is 0 Å². The van der Waals surface area contributed by atoms with Crippen molar-refractivity contribution >= 4 is 11.7 Å². The van der Waals surface area contributed by atoms with Gasteiger partial charge in [0.2, 0.25) is 0 Å². The van der Waals surface area contributed by atoms with E-state index in [-0.39, 0.29) is 5.91 Å². The molecule has 0 spiro atoms. The van der Waals surface area contributed by atoms with E-state index in [9.17, 15) is 4.79 Å². The van der Waals surface area contributed by atoms with Gasteiger partial charge in [0.15, 0.2) is 0 Å². The first-order valence-corrected chi connectivity index (χ1v) is 7.85. The van der Waals surface area contributed by atoms with Crippen LogP contribution in [0.2, 0.25) is 0 Å². The van der Waals surface area contributed by atoms with Crippen molar-refractivity contribution in [2.24, 2.45) is 0 Å². The number of hydrogen-bond acceptors (Lipinski definition) is 3. The Morgan fingerprint density at radius 1 is 1.10 bits per heavy atom. The van der Waals surface area contributed by atoms with E-state index in [4.69, 9.17) is 0 Å². The first kappa shape index (κ1) is 13.4. The van der Waals surface area contributed by atoms with Crippen LogP contribution < -0.4 is 10.2 Å². The van der Waals surface area contributed by atoms with E-state index in [1.54, 1.807) is 6.20 Å². The highest BCUT2D eigenvalue weighted by molar-refractivity contribution is 5.94. The Labute approximate surface area is 120 Å². The highest BCUT2D eigenvalue weighted by Gasteiger charge is 2.18. The van der Waals surface area contributed by atoms with Gasteiger partial charge in [0.05, 0.1) is 5.56 Å². The van der Waals surface area contributed by atoms with Gasteiger partial charge in [0.25, 0.3) is 5.91 Å². The average Bonchev–Trinajstić information content (AvgIpc) is 3.01. The lowest BCUT2D eigenvalue weighted by Gasteiger charge is -2.27. The Morgan fingerprint density at radius 3 is 2.50 bits per heavy atom. The molecule has 1 aliphatic heterocycles. The largest absolute Gasteiger partial charge is 0.357 e. The highest BCUT2D eigenvalue weighted by atomic mass is 16.1. The van der Waals surface area contributed by atoms with Crippen LogP contribution >= 0.6 is 0 Å². The van der Waals surface area contributed by atoms with Gasteiger partial charge in [-0.3, -0.25) is 4.79 Å². The van der Waals surface area contributed by atoms with E-state index < -0.39 is 0 Å². The molecular formula is C16H23N3O. The molecular weight excluding hydrogens is 250 g/mol. The molecule has 20 heavy (non-hydrogen) atoms. The molecule has 1 saturated carbocycles. The van der Waals surface area contributed by atoms with Crippen LogP contribution in [0.25, 0.3) is 0 Å². The lowest BCUT2D eigenvalue weighted by molar-refractivity contribution is 0.0937. The lowest BCUT2D eigenvalue weighted by Crippen LogP contribution is -2.33. The Bertz CT molecular complexity index is 445. The summed E-state index contributed by atoms with van der Waals surface area (Å²) in [4.78, 5) is 18.9. The van der Waals surface area contributed by atoms with Crippen LogP contribution in [0.3, 0.4) is 0 Å². The second-order valence-corrected chi connectivity index (χ2v) is 5.91. The minimum absolute atomic E-state index is 0.0228. The van der Waals surface area contributed by atoms with Gasteiger partial charge in [0.1, 0.15) is 5.82 Å². The average molecular weight is 273 g/mol. The molecule has 0 bridgehead atoms. The lowest BCUT2D eigenvalue weighted by atomic mass is 10.1. The van der Waals surface area contributed by atoms with E-state index >= 15 is 0 Å². The fourth-order valence-electron chi connectivity index (χ4n) is 3.17. The zero-order valence-electron chi connectivity index (χ0n) is 12.0. The summed E-state index contributed by atoms with van der Waals surface area (Å²) in [6.07, 6.45) is 10.2. The topological polar surface area (TPSA) is 45.2 Å². The number of nitrogens with zero attached hydrogens (tertiary/aromatic N) is 2. The molecule has 1 aliphatic carbocycles. The second kappa shape index (κ2) is 6.25. The predicted octanol–water partition coefficient (Wildman–Crippen LogP) is 2.74. The number of carbonyl (C=O) groups is 1. The maximum absolute atomic E-state index is 12.1. The van der Waals surface area contributed by atoms with Gasteiger partial charge in [-0.2, -0.15) is 0 Å². The monoisotopic (exact) mass is 273 g/mol. The number of anilines is 1.